The summed E-state index contributed by atoms with van der Waals surface area (Å²) in [5, 5.41) is 6.98. The maximum atomic E-state index is 12.2. The van der Waals surface area contributed by atoms with Crippen molar-refractivity contribution in [1.29, 1.82) is 0 Å². The average molecular weight is 345 g/mol. The van der Waals surface area contributed by atoms with E-state index in [1.54, 1.807) is 6.20 Å². The van der Waals surface area contributed by atoms with E-state index >= 15 is 0 Å². The molecule has 7 heteroatoms. The molecule has 0 spiro atoms. The van der Waals surface area contributed by atoms with Gasteiger partial charge in [-0.05, 0) is 25.0 Å². The Morgan fingerprint density at radius 2 is 1.88 bits per heavy atom. The minimum atomic E-state index is -0.709. The lowest BCUT2D eigenvalue weighted by molar-refractivity contribution is -0.125. The lowest BCUT2D eigenvalue weighted by Crippen LogP contribution is -2.38. The molecule has 1 aromatic heterocycles. The van der Waals surface area contributed by atoms with Crippen molar-refractivity contribution in [2.45, 2.75) is 26.8 Å². The molecule has 0 radical (unpaired) electrons. The van der Waals surface area contributed by atoms with Crippen LogP contribution in [0.5, 0.6) is 5.75 Å². The van der Waals surface area contributed by atoms with Crippen molar-refractivity contribution in [2.24, 2.45) is 5.92 Å². The van der Waals surface area contributed by atoms with E-state index in [0.717, 1.165) is 5.69 Å². The topological polar surface area (TPSA) is 82.5 Å². The number of ether oxygens (including phenoxy) is 2. The molecule has 1 amide bonds. The Bertz CT molecular complexity index is 725. The first kappa shape index (κ1) is 18.5. The monoisotopic (exact) mass is 345 g/mol. The minimum Gasteiger partial charge on any atom is -0.493 e. The van der Waals surface area contributed by atoms with Crippen molar-refractivity contribution < 1.29 is 19.1 Å². The number of hydrogen-bond donors (Lipinski definition) is 1. The van der Waals surface area contributed by atoms with Gasteiger partial charge in [0.15, 0.2) is 12.4 Å². The van der Waals surface area contributed by atoms with Crippen LogP contribution in [0.3, 0.4) is 0 Å². The summed E-state index contributed by atoms with van der Waals surface area (Å²) < 4.78 is 11.8. The van der Waals surface area contributed by atoms with Gasteiger partial charge in [-0.2, -0.15) is 5.10 Å². The quantitative estimate of drug-likeness (QED) is 0.778. The SMILES string of the molecule is COc1cn(-c2ccccc2)nc1C(=O)OCC(=O)N[C@@H](C)C(C)C. The third-order valence-electron chi connectivity index (χ3n) is 3.84. The van der Waals surface area contributed by atoms with Gasteiger partial charge >= 0.3 is 5.97 Å². The first-order chi connectivity index (χ1) is 11.9. The average Bonchev–Trinajstić information content (AvgIpc) is 3.04. The highest BCUT2D eigenvalue weighted by Crippen LogP contribution is 2.20. The predicted octanol–water partition coefficient (Wildman–Crippen LogP) is 2.20. The Balaban J connectivity index is 2.04. The number of nitrogens with zero attached hydrogens (tertiary/aromatic N) is 2. The zero-order valence-electron chi connectivity index (χ0n) is 14.9. The summed E-state index contributed by atoms with van der Waals surface area (Å²) in [4.78, 5) is 24.1. The molecule has 0 aliphatic heterocycles. The van der Waals surface area contributed by atoms with E-state index in [4.69, 9.17) is 9.47 Å². The summed E-state index contributed by atoms with van der Waals surface area (Å²) in [6, 6.07) is 9.31. The number of para-hydroxylation sites is 1. The molecule has 1 heterocycles. The summed E-state index contributed by atoms with van der Waals surface area (Å²) >= 11 is 0. The molecule has 0 bridgehead atoms. The minimum absolute atomic E-state index is 0.00183. The first-order valence-corrected chi connectivity index (χ1v) is 8.08. The van der Waals surface area contributed by atoms with Crippen molar-refractivity contribution >= 4 is 11.9 Å². The molecular weight excluding hydrogens is 322 g/mol. The summed E-state index contributed by atoms with van der Waals surface area (Å²) in [5.74, 6) is -0.485. The maximum absolute atomic E-state index is 12.2. The van der Waals surface area contributed by atoms with Gasteiger partial charge in [0.05, 0.1) is 19.0 Å². The molecule has 0 saturated heterocycles. The maximum Gasteiger partial charge on any atom is 0.363 e. The summed E-state index contributed by atoms with van der Waals surface area (Å²) in [6.07, 6.45) is 1.59. The second-order valence-electron chi connectivity index (χ2n) is 6.00. The lowest BCUT2D eigenvalue weighted by atomic mass is 10.1. The smallest absolute Gasteiger partial charge is 0.363 e. The molecule has 0 aliphatic carbocycles. The molecule has 0 saturated carbocycles. The Hall–Kier alpha value is -2.83. The molecule has 2 aromatic rings. The number of rotatable bonds is 7. The van der Waals surface area contributed by atoms with Gasteiger partial charge in [-0.3, -0.25) is 4.79 Å². The van der Waals surface area contributed by atoms with Gasteiger partial charge in [0.2, 0.25) is 5.69 Å². The van der Waals surface area contributed by atoms with Gasteiger partial charge in [0.1, 0.15) is 0 Å². The van der Waals surface area contributed by atoms with Crippen LogP contribution in [0, 0.1) is 5.92 Å². The summed E-state index contributed by atoms with van der Waals surface area (Å²) in [6.45, 7) is 5.53. The molecule has 0 unspecified atom stereocenters. The standard InChI is InChI=1S/C18H23N3O4/c1-12(2)13(3)19-16(22)11-25-18(23)17-15(24-4)10-21(20-17)14-8-6-5-7-9-14/h5-10,12-13H,11H2,1-4H3,(H,19,22)/t13-/m0/s1. The highest BCUT2D eigenvalue weighted by molar-refractivity contribution is 5.92. The fraction of sp³-hybridized carbons (Fsp3) is 0.389. The van der Waals surface area contributed by atoms with Gasteiger partial charge in [0, 0.05) is 6.04 Å². The molecule has 0 fully saturated rings. The second-order valence-corrected chi connectivity index (χ2v) is 6.00. The molecule has 1 aromatic carbocycles. The molecule has 134 valence electrons. The van der Waals surface area contributed by atoms with Crippen molar-refractivity contribution in [3.05, 3.63) is 42.2 Å². The number of esters is 1. The molecule has 25 heavy (non-hydrogen) atoms. The molecule has 1 atom stereocenters. The molecule has 7 nitrogen and oxygen atoms in total. The summed E-state index contributed by atoms with van der Waals surface area (Å²) in [7, 11) is 1.44. The van der Waals surface area contributed by atoms with Gasteiger partial charge in [-0.15, -0.1) is 0 Å². The van der Waals surface area contributed by atoms with Crippen LogP contribution < -0.4 is 10.1 Å². The number of nitrogens with one attached hydrogen (secondary N) is 1. The normalized spacial score (nSPS) is 11.9. The molecule has 1 N–H and O–H groups in total. The van der Waals surface area contributed by atoms with E-state index < -0.39 is 5.97 Å². The van der Waals surface area contributed by atoms with E-state index in [1.807, 2.05) is 51.1 Å². The Labute approximate surface area is 146 Å². The zero-order chi connectivity index (χ0) is 18.4. The third kappa shape index (κ3) is 4.82. The Morgan fingerprint density at radius 1 is 1.20 bits per heavy atom. The molecule has 0 aliphatic rings. The number of methoxy groups -OCH3 is 1. The Morgan fingerprint density at radius 3 is 2.48 bits per heavy atom. The number of carbonyl (C=O) groups is 2. The summed E-state index contributed by atoms with van der Waals surface area (Å²) in [5.41, 5.74) is 0.805. The van der Waals surface area contributed by atoms with Crippen LogP contribution in [-0.4, -0.2) is 41.4 Å². The molecule has 2 rings (SSSR count). The predicted molar refractivity (Wildman–Crippen MR) is 92.8 cm³/mol. The van der Waals surface area contributed by atoms with Gasteiger partial charge in [-0.1, -0.05) is 32.0 Å². The highest BCUT2D eigenvalue weighted by atomic mass is 16.5. The van der Waals surface area contributed by atoms with Crippen LogP contribution in [-0.2, 0) is 9.53 Å². The van der Waals surface area contributed by atoms with Crippen LogP contribution in [0.2, 0.25) is 0 Å². The third-order valence-corrected chi connectivity index (χ3v) is 3.84. The van der Waals surface area contributed by atoms with Crippen molar-refractivity contribution in [3.63, 3.8) is 0 Å². The van der Waals surface area contributed by atoms with Gasteiger partial charge in [-0.25, -0.2) is 9.48 Å². The van der Waals surface area contributed by atoms with Crippen molar-refractivity contribution in [1.82, 2.24) is 15.1 Å². The number of benzene rings is 1. The number of aromatic nitrogens is 2. The van der Waals surface area contributed by atoms with Crippen LogP contribution in [0.1, 0.15) is 31.3 Å². The lowest BCUT2D eigenvalue weighted by Gasteiger charge is -2.17. The van der Waals surface area contributed by atoms with E-state index in [1.165, 1.54) is 11.8 Å². The number of carbonyl (C=O) groups excluding carboxylic acids is 2. The van der Waals surface area contributed by atoms with Crippen molar-refractivity contribution in [3.8, 4) is 11.4 Å². The zero-order valence-corrected chi connectivity index (χ0v) is 14.9. The number of amides is 1. The van der Waals surface area contributed by atoms with Crippen LogP contribution in [0.4, 0.5) is 0 Å². The van der Waals surface area contributed by atoms with E-state index in [9.17, 15) is 9.59 Å². The van der Waals surface area contributed by atoms with Gasteiger partial charge in [0.25, 0.3) is 5.91 Å². The fourth-order valence-corrected chi connectivity index (χ4v) is 2.02. The number of hydrogen-bond acceptors (Lipinski definition) is 5. The van der Waals surface area contributed by atoms with Crippen LogP contribution in [0.15, 0.2) is 36.5 Å². The fourth-order valence-electron chi connectivity index (χ4n) is 2.02. The van der Waals surface area contributed by atoms with E-state index in [2.05, 4.69) is 10.4 Å². The van der Waals surface area contributed by atoms with Crippen molar-refractivity contribution in [2.75, 3.05) is 13.7 Å². The van der Waals surface area contributed by atoms with Crippen LogP contribution in [0.25, 0.3) is 5.69 Å². The van der Waals surface area contributed by atoms with E-state index in [0.29, 0.717) is 5.92 Å². The largest absolute Gasteiger partial charge is 0.493 e. The molecular formula is C18H23N3O4. The first-order valence-electron chi connectivity index (χ1n) is 8.08. The second kappa shape index (κ2) is 8.32. The Kier molecular flexibility index (Phi) is 6.16. The van der Waals surface area contributed by atoms with E-state index in [-0.39, 0.29) is 30.0 Å². The highest BCUT2D eigenvalue weighted by Gasteiger charge is 2.21. The van der Waals surface area contributed by atoms with Gasteiger partial charge < -0.3 is 14.8 Å². The van der Waals surface area contributed by atoms with Crippen LogP contribution >= 0.6 is 0 Å².